The van der Waals surface area contributed by atoms with E-state index < -0.39 is 0 Å². The number of nitrogens with one attached hydrogen (secondary N) is 2. The van der Waals surface area contributed by atoms with E-state index in [4.69, 9.17) is 9.73 Å². The molecule has 0 aliphatic carbocycles. The normalized spacial score (nSPS) is 11.1. The Bertz CT molecular complexity index is 1150. The van der Waals surface area contributed by atoms with Crippen LogP contribution in [0.15, 0.2) is 84.0 Å². The Hall–Kier alpha value is -3.14. The third-order valence-corrected chi connectivity index (χ3v) is 4.71. The van der Waals surface area contributed by atoms with E-state index in [1.807, 2.05) is 72.1 Å². The number of aliphatic imine (C=N–C) groups is 1. The number of hydrogen-bond donors (Lipinski definition) is 2. The van der Waals surface area contributed by atoms with E-state index in [0.717, 1.165) is 40.9 Å². The maximum Gasteiger partial charge on any atom is 0.191 e. The quantitative estimate of drug-likeness (QED) is 0.199. The van der Waals surface area contributed by atoms with Gasteiger partial charge in [0, 0.05) is 12.7 Å². The second kappa shape index (κ2) is 12.0. The van der Waals surface area contributed by atoms with Crippen LogP contribution < -0.4 is 15.4 Å². The van der Waals surface area contributed by atoms with E-state index in [1.54, 1.807) is 0 Å². The highest BCUT2D eigenvalue weighted by Gasteiger charge is 2.06. The minimum atomic E-state index is 0. The molecule has 166 valence electrons. The highest BCUT2D eigenvalue weighted by molar-refractivity contribution is 14.0. The number of fused-ring (bicyclic) bond motifs is 1. The number of pyridine rings is 1. The standard InChI is InChI=1S/C24H26N6O.HI/c1-2-25-24(27-17-23-29-28-22-13-6-7-14-30(22)23)26-16-20-11-8-12-21(15-20)31-18-19-9-4-3-5-10-19;/h3-15H,2,16-18H2,1H3,(H2,25,26,27);1H. The molecule has 0 atom stereocenters. The molecule has 0 saturated heterocycles. The molecule has 0 aliphatic rings. The zero-order valence-electron chi connectivity index (χ0n) is 17.9. The van der Waals surface area contributed by atoms with Gasteiger partial charge in [-0.1, -0.05) is 48.5 Å². The number of benzene rings is 2. The molecular weight excluding hydrogens is 515 g/mol. The first-order chi connectivity index (χ1) is 15.3. The Balaban J connectivity index is 0.00000289. The molecule has 4 rings (SSSR count). The Labute approximate surface area is 205 Å². The molecule has 7 nitrogen and oxygen atoms in total. The number of ether oxygens (including phenoxy) is 1. The summed E-state index contributed by atoms with van der Waals surface area (Å²) in [4.78, 5) is 4.70. The average Bonchev–Trinajstić information content (AvgIpc) is 3.24. The Morgan fingerprint density at radius 2 is 1.75 bits per heavy atom. The summed E-state index contributed by atoms with van der Waals surface area (Å²) in [6.45, 7) is 4.42. The molecule has 32 heavy (non-hydrogen) atoms. The van der Waals surface area contributed by atoms with E-state index >= 15 is 0 Å². The third kappa shape index (κ3) is 6.43. The van der Waals surface area contributed by atoms with E-state index in [-0.39, 0.29) is 24.0 Å². The van der Waals surface area contributed by atoms with Gasteiger partial charge in [0.1, 0.15) is 12.4 Å². The molecular formula is C24H27IN6O. The van der Waals surface area contributed by atoms with Gasteiger partial charge in [-0.3, -0.25) is 4.40 Å². The number of rotatable bonds is 8. The maximum atomic E-state index is 5.93. The van der Waals surface area contributed by atoms with Crippen LogP contribution in [0.2, 0.25) is 0 Å². The predicted molar refractivity (Wildman–Crippen MR) is 137 cm³/mol. The topological polar surface area (TPSA) is 75.8 Å². The summed E-state index contributed by atoms with van der Waals surface area (Å²) >= 11 is 0. The zero-order valence-corrected chi connectivity index (χ0v) is 20.3. The van der Waals surface area contributed by atoms with Crippen molar-refractivity contribution in [3.8, 4) is 5.75 Å². The monoisotopic (exact) mass is 542 g/mol. The highest BCUT2D eigenvalue weighted by Crippen LogP contribution is 2.16. The molecule has 0 saturated carbocycles. The van der Waals surface area contributed by atoms with Crippen molar-refractivity contribution in [2.24, 2.45) is 4.99 Å². The highest BCUT2D eigenvalue weighted by atomic mass is 127. The molecule has 2 N–H and O–H groups in total. The summed E-state index contributed by atoms with van der Waals surface area (Å²) < 4.78 is 7.89. The first kappa shape index (κ1) is 23.5. The van der Waals surface area contributed by atoms with Gasteiger partial charge >= 0.3 is 0 Å². The molecule has 0 spiro atoms. The lowest BCUT2D eigenvalue weighted by atomic mass is 10.2. The van der Waals surface area contributed by atoms with Crippen LogP contribution in [-0.2, 0) is 19.7 Å². The number of guanidine groups is 1. The lowest BCUT2D eigenvalue weighted by molar-refractivity contribution is 0.306. The van der Waals surface area contributed by atoms with Crippen molar-refractivity contribution in [1.29, 1.82) is 0 Å². The second-order valence-electron chi connectivity index (χ2n) is 7.02. The van der Waals surface area contributed by atoms with Gasteiger partial charge in [0.25, 0.3) is 0 Å². The molecule has 0 radical (unpaired) electrons. The fraction of sp³-hybridized carbons (Fsp3) is 0.208. The lowest BCUT2D eigenvalue weighted by Gasteiger charge is -2.11. The van der Waals surface area contributed by atoms with E-state index in [2.05, 4.69) is 39.0 Å². The van der Waals surface area contributed by atoms with Crippen LogP contribution in [0.3, 0.4) is 0 Å². The summed E-state index contributed by atoms with van der Waals surface area (Å²) in [5.41, 5.74) is 3.05. The van der Waals surface area contributed by atoms with Gasteiger partial charge in [-0.25, -0.2) is 4.99 Å². The van der Waals surface area contributed by atoms with Gasteiger partial charge < -0.3 is 15.4 Å². The smallest absolute Gasteiger partial charge is 0.191 e. The summed E-state index contributed by atoms with van der Waals surface area (Å²) in [5, 5.41) is 15.0. The van der Waals surface area contributed by atoms with Crippen molar-refractivity contribution < 1.29 is 4.74 Å². The number of aromatic nitrogens is 3. The Morgan fingerprint density at radius 3 is 2.59 bits per heavy atom. The van der Waals surface area contributed by atoms with Gasteiger partial charge in [0.2, 0.25) is 0 Å². The van der Waals surface area contributed by atoms with E-state index in [9.17, 15) is 0 Å². The van der Waals surface area contributed by atoms with Gasteiger partial charge in [-0.15, -0.1) is 34.2 Å². The fourth-order valence-corrected chi connectivity index (χ4v) is 3.16. The van der Waals surface area contributed by atoms with Crippen molar-refractivity contribution in [3.05, 3.63) is 95.9 Å². The molecule has 0 fully saturated rings. The molecule has 4 aromatic rings. The molecule has 2 aromatic carbocycles. The molecule has 2 heterocycles. The molecule has 2 aromatic heterocycles. The van der Waals surface area contributed by atoms with Crippen molar-refractivity contribution in [2.75, 3.05) is 6.54 Å². The SMILES string of the molecule is CCNC(=NCc1cccc(OCc2ccccc2)c1)NCc1nnc2ccccn12.I. The Kier molecular flexibility index (Phi) is 8.85. The van der Waals surface area contributed by atoms with Crippen molar-refractivity contribution in [1.82, 2.24) is 25.2 Å². The number of hydrogen-bond acceptors (Lipinski definition) is 4. The number of nitrogens with zero attached hydrogens (tertiary/aromatic N) is 4. The minimum Gasteiger partial charge on any atom is -0.489 e. The van der Waals surface area contributed by atoms with Crippen LogP contribution in [0.4, 0.5) is 0 Å². The van der Waals surface area contributed by atoms with Gasteiger partial charge in [0.05, 0.1) is 13.1 Å². The molecule has 0 unspecified atom stereocenters. The van der Waals surface area contributed by atoms with Crippen LogP contribution in [0, 0.1) is 0 Å². The second-order valence-corrected chi connectivity index (χ2v) is 7.02. The molecule has 0 bridgehead atoms. The van der Waals surface area contributed by atoms with Crippen LogP contribution in [0.1, 0.15) is 23.9 Å². The zero-order chi connectivity index (χ0) is 21.3. The summed E-state index contributed by atoms with van der Waals surface area (Å²) in [6, 6.07) is 24.0. The van der Waals surface area contributed by atoms with E-state index in [1.165, 1.54) is 0 Å². The molecule has 8 heteroatoms. The molecule has 0 amide bonds. The fourth-order valence-electron chi connectivity index (χ4n) is 3.16. The van der Waals surface area contributed by atoms with Crippen LogP contribution in [0.25, 0.3) is 5.65 Å². The summed E-state index contributed by atoms with van der Waals surface area (Å²) in [6.07, 6.45) is 1.96. The lowest BCUT2D eigenvalue weighted by Crippen LogP contribution is -2.37. The van der Waals surface area contributed by atoms with Crippen LogP contribution >= 0.6 is 24.0 Å². The first-order valence-electron chi connectivity index (χ1n) is 10.4. The van der Waals surface area contributed by atoms with Crippen molar-refractivity contribution in [2.45, 2.75) is 26.6 Å². The van der Waals surface area contributed by atoms with Gasteiger partial charge in [-0.2, -0.15) is 0 Å². The van der Waals surface area contributed by atoms with E-state index in [0.29, 0.717) is 19.7 Å². The first-order valence-corrected chi connectivity index (χ1v) is 10.4. The van der Waals surface area contributed by atoms with Crippen molar-refractivity contribution >= 4 is 35.6 Å². The van der Waals surface area contributed by atoms with Gasteiger partial charge in [0.15, 0.2) is 17.4 Å². The average molecular weight is 542 g/mol. The summed E-state index contributed by atoms with van der Waals surface area (Å²) in [7, 11) is 0. The number of halogens is 1. The summed E-state index contributed by atoms with van der Waals surface area (Å²) in [5.74, 6) is 2.40. The predicted octanol–water partition coefficient (Wildman–Crippen LogP) is 4.18. The van der Waals surface area contributed by atoms with Gasteiger partial charge in [-0.05, 0) is 42.3 Å². The van der Waals surface area contributed by atoms with Crippen LogP contribution in [-0.4, -0.2) is 27.1 Å². The Morgan fingerprint density at radius 1 is 0.938 bits per heavy atom. The largest absolute Gasteiger partial charge is 0.489 e. The maximum absolute atomic E-state index is 5.93. The van der Waals surface area contributed by atoms with Crippen molar-refractivity contribution in [3.63, 3.8) is 0 Å². The molecule has 0 aliphatic heterocycles. The minimum absolute atomic E-state index is 0. The van der Waals surface area contributed by atoms with Crippen LogP contribution in [0.5, 0.6) is 5.75 Å². The third-order valence-electron chi connectivity index (χ3n) is 4.71.